The highest BCUT2D eigenvalue weighted by molar-refractivity contribution is 6.27. The van der Waals surface area contributed by atoms with Gasteiger partial charge in [0, 0.05) is 43.8 Å². The van der Waals surface area contributed by atoms with Crippen LogP contribution in [0.25, 0.3) is 22.9 Å². The lowest BCUT2D eigenvalue weighted by Gasteiger charge is -2.07. The van der Waals surface area contributed by atoms with Gasteiger partial charge in [-0.1, -0.05) is 91.0 Å². The zero-order chi connectivity index (χ0) is 26.2. The minimum atomic E-state index is 0.613. The summed E-state index contributed by atoms with van der Waals surface area (Å²) in [6.45, 7) is 0. The number of fused-ring (bicyclic) bond motifs is 18. The second-order valence-electron chi connectivity index (χ2n) is 9.98. The average molecular weight is 517 g/mol. The minimum Gasteiger partial charge on any atom is -0.325 e. The Morgan fingerprint density at radius 1 is 0.575 bits per heavy atom. The zero-order valence-corrected chi connectivity index (χ0v) is 21.1. The van der Waals surface area contributed by atoms with E-state index in [2.05, 4.69) is 51.7 Å². The molecule has 0 atom stereocenters. The fourth-order valence-corrected chi connectivity index (χ4v) is 5.76. The molecule has 8 nitrogen and oxygen atoms in total. The van der Waals surface area contributed by atoms with Crippen LogP contribution in [0.15, 0.2) is 104 Å². The van der Waals surface area contributed by atoms with E-state index in [1.54, 1.807) is 0 Å². The van der Waals surface area contributed by atoms with E-state index in [-0.39, 0.29) is 0 Å². The number of hydrogen-bond acceptors (Lipinski definition) is 6. The molecule has 8 heteroatoms. The van der Waals surface area contributed by atoms with Crippen molar-refractivity contribution >= 4 is 63.7 Å². The topological polar surface area (TPSA) is 105 Å². The number of amidine groups is 4. The molecule has 0 saturated heterocycles. The molecule has 2 aromatic heterocycles. The first-order valence-electron chi connectivity index (χ1n) is 13.2. The molecule has 40 heavy (non-hydrogen) atoms. The minimum absolute atomic E-state index is 0.613. The number of rotatable bonds is 0. The molecule has 0 saturated carbocycles. The smallest absolute Gasteiger partial charge is 0.164 e. The van der Waals surface area contributed by atoms with E-state index in [0.29, 0.717) is 29.1 Å². The van der Waals surface area contributed by atoms with Gasteiger partial charge in [-0.3, -0.25) is 0 Å². The molecule has 3 aromatic carbocycles. The third kappa shape index (κ3) is 3.04. The number of aliphatic imine (C=N–C) groups is 4. The summed E-state index contributed by atoms with van der Waals surface area (Å²) in [6.07, 6.45) is 7.29. The number of aromatic nitrogens is 2. The molecule has 5 aromatic rings. The summed E-state index contributed by atoms with van der Waals surface area (Å²) in [5.74, 6) is 4.84. The van der Waals surface area contributed by atoms with Crippen LogP contribution in [0.3, 0.4) is 0 Å². The summed E-state index contributed by atoms with van der Waals surface area (Å²) in [5.41, 5.74) is 5.64. The lowest BCUT2D eigenvalue weighted by atomic mass is 10.1. The van der Waals surface area contributed by atoms with E-state index in [0.717, 1.165) is 67.4 Å². The maximum absolute atomic E-state index is 5.06. The highest BCUT2D eigenvalue weighted by Gasteiger charge is 2.26. The first kappa shape index (κ1) is 21.3. The molecular weight excluding hydrogens is 496 g/mol. The molecule has 3 aliphatic heterocycles. The van der Waals surface area contributed by atoms with Crippen molar-refractivity contribution < 1.29 is 0 Å². The van der Waals surface area contributed by atoms with Gasteiger partial charge in [-0.2, -0.15) is 0 Å². The number of anilines is 1. The first-order chi connectivity index (χ1) is 19.8. The van der Waals surface area contributed by atoms with E-state index in [1.807, 2.05) is 54.6 Å². The van der Waals surface area contributed by atoms with Gasteiger partial charge in [0.2, 0.25) is 0 Å². The Kier molecular flexibility index (Phi) is 4.23. The highest BCUT2D eigenvalue weighted by Crippen LogP contribution is 2.36. The van der Waals surface area contributed by atoms with Crippen LogP contribution in [0, 0.1) is 0 Å². The van der Waals surface area contributed by atoms with Crippen LogP contribution in [-0.4, -0.2) is 33.3 Å². The predicted octanol–water partition coefficient (Wildman–Crippen LogP) is 5.12. The molecular formula is C32H20N8. The standard InChI is InChI=1S/C32H20N8/c1-2-10-18-17(9-1)25-33-26(18)38-28-21-13-5-6-14-22(21)30(35-28)40-32-24-16-8-7-15-23(24)31(36-32)39-29-20-12-4-3-11-19(20)27(34-29)37-25/h1-7,9-16,33H,8H2,(H,34,37,39)(H,35,36,38,40). The summed E-state index contributed by atoms with van der Waals surface area (Å²) < 4.78 is 0. The molecule has 8 bridgehead atoms. The summed E-state index contributed by atoms with van der Waals surface area (Å²) in [6, 6.07) is 24.4. The largest absolute Gasteiger partial charge is 0.325 e. The van der Waals surface area contributed by atoms with Crippen LogP contribution >= 0.6 is 0 Å². The Hall–Kier alpha value is -5.63. The van der Waals surface area contributed by atoms with Gasteiger partial charge in [0.1, 0.15) is 28.8 Å². The molecule has 5 heterocycles. The Balaban J connectivity index is 1.39. The number of H-pyrrole nitrogens is 2. The zero-order valence-electron chi connectivity index (χ0n) is 21.1. The van der Waals surface area contributed by atoms with Crippen molar-refractivity contribution in [3.05, 3.63) is 117 Å². The maximum Gasteiger partial charge on any atom is 0.164 e. The van der Waals surface area contributed by atoms with Gasteiger partial charge in [0.25, 0.3) is 0 Å². The molecule has 0 amide bonds. The Labute approximate surface area is 227 Å². The third-order valence-electron chi connectivity index (χ3n) is 7.63. The van der Waals surface area contributed by atoms with Crippen molar-refractivity contribution in [1.29, 1.82) is 0 Å². The number of nitrogens with one attached hydrogen (secondary N) is 3. The monoisotopic (exact) mass is 516 g/mol. The number of hydrogen-bond donors (Lipinski definition) is 3. The number of benzene rings is 3. The van der Waals surface area contributed by atoms with E-state index < -0.39 is 0 Å². The number of aromatic amines is 2. The molecule has 4 aliphatic rings. The van der Waals surface area contributed by atoms with E-state index >= 15 is 0 Å². The maximum atomic E-state index is 5.06. The van der Waals surface area contributed by atoms with Crippen LogP contribution in [0.5, 0.6) is 0 Å². The third-order valence-corrected chi connectivity index (χ3v) is 7.63. The van der Waals surface area contributed by atoms with Crippen molar-refractivity contribution in [3.63, 3.8) is 0 Å². The van der Waals surface area contributed by atoms with E-state index in [4.69, 9.17) is 25.0 Å². The van der Waals surface area contributed by atoms with Crippen LogP contribution < -0.4 is 16.0 Å². The molecule has 3 N–H and O–H groups in total. The molecule has 0 fully saturated rings. The van der Waals surface area contributed by atoms with Crippen molar-refractivity contribution in [1.82, 2.24) is 9.97 Å². The predicted molar refractivity (Wildman–Crippen MR) is 160 cm³/mol. The summed E-state index contributed by atoms with van der Waals surface area (Å²) >= 11 is 0. The van der Waals surface area contributed by atoms with Gasteiger partial charge < -0.3 is 15.3 Å². The molecule has 9 rings (SSSR count). The summed E-state index contributed by atoms with van der Waals surface area (Å²) in [5, 5.41) is 6.54. The first-order valence-corrected chi connectivity index (χ1v) is 13.2. The van der Waals surface area contributed by atoms with Gasteiger partial charge in [0.15, 0.2) is 17.5 Å². The van der Waals surface area contributed by atoms with Crippen molar-refractivity contribution in [2.24, 2.45) is 25.0 Å². The van der Waals surface area contributed by atoms with Crippen molar-refractivity contribution in [2.75, 3.05) is 5.32 Å². The van der Waals surface area contributed by atoms with Gasteiger partial charge in [0.05, 0.1) is 0 Å². The van der Waals surface area contributed by atoms with E-state index in [1.165, 1.54) is 0 Å². The van der Waals surface area contributed by atoms with Gasteiger partial charge >= 0.3 is 0 Å². The van der Waals surface area contributed by atoms with Crippen LogP contribution in [0.1, 0.15) is 34.2 Å². The Morgan fingerprint density at radius 3 is 1.90 bits per heavy atom. The fourth-order valence-electron chi connectivity index (χ4n) is 5.76. The molecule has 0 spiro atoms. The Bertz CT molecular complexity index is 2220. The SMILES string of the molecule is C1=Cc2c3[nH]c(c2=CC1)=NC1=NC(=Nc2[nH]c(c4ccccc24)N=C2N=C(N3)c3ccccc32)c2ccccc21. The van der Waals surface area contributed by atoms with Gasteiger partial charge in [-0.25, -0.2) is 25.0 Å². The molecule has 1 aliphatic carbocycles. The van der Waals surface area contributed by atoms with Crippen LogP contribution in [-0.2, 0) is 0 Å². The molecule has 0 unspecified atom stereocenters. The highest BCUT2D eigenvalue weighted by atomic mass is 15.1. The fraction of sp³-hybridized carbons (Fsp3) is 0.0312. The van der Waals surface area contributed by atoms with Crippen LogP contribution in [0.2, 0.25) is 0 Å². The second-order valence-corrected chi connectivity index (χ2v) is 9.98. The number of allylic oxidation sites excluding steroid dienone is 1. The summed E-state index contributed by atoms with van der Waals surface area (Å²) in [7, 11) is 0. The Morgan fingerprint density at radius 2 is 1.18 bits per heavy atom. The van der Waals surface area contributed by atoms with Gasteiger partial charge in [-0.15, -0.1) is 0 Å². The van der Waals surface area contributed by atoms with Gasteiger partial charge in [-0.05, 0) is 6.42 Å². The van der Waals surface area contributed by atoms with Crippen molar-refractivity contribution in [3.8, 4) is 0 Å². The number of nitrogens with zero attached hydrogens (tertiary/aromatic N) is 5. The van der Waals surface area contributed by atoms with Crippen molar-refractivity contribution in [2.45, 2.75) is 6.42 Å². The summed E-state index contributed by atoms with van der Waals surface area (Å²) in [4.78, 5) is 32.0. The lowest BCUT2D eigenvalue weighted by Crippen LogP contribution is -2.26. The molecule has 0 radical (unpaired) electrons. The lowest BCUT2D eigenvalue weighted by molar-refractivity contribution is 1.20. The van der Waals surface area contributed by atoms with E-state index in [9.17, 15) is 0 Å². The average Bonchev–Trinajstić information content (AvgIpc) is 3.73. The molecule has 188 valence electrons. The van der Waals surface area contributed by atoms with Crippen LogP contribution in [0.4, 0.5) is 17.5 Å². The normalized spacial score (nSPS) is 16.0. The second kappa shape index (κ2) is 7.94. The quantitative estimate of drug-likeness (QED) is 0.261.